The third-order valence-corrected chi connectivity index (χ3v) is 8.94. The molecule has 0 heterocycles. The second kappa shape index (κ2) is 34.8. The molecule has 4 N–H and O–H groups in total. The Labute approximate surface area is 285 Å². The minimum Gasteiger partial charge on any atom is -0.320 e. The van der Waals surface area contributed by atoms with Crippen LogP contribution in [0.1, 0.15) is 145 Å². The summed E-state index contributed by atoms with van der Waals surface area (Å²) in [6.07, 6.45) is 16.6. The van der Waals surface area contributed by atoms with Gasteiger partial charge in [0.1, 0.15) is 23.1 Å². The van der Waals surface area contributed by atoms with Gasteiger partial charge in [0.2, 0.25) is 0 Å². The molecule has 46 heavy (non-hydrogen) atoms. The molecule has 0 aliphatic heterocycles. The molecule has 274 valence electrons. The van der Waals surface area contributed by atoms with Crippen LogP contribution < -0.4 is 21.3 Å². The lowest BCUT2D eigenvalue weighted by atomic mass is 9.67. The average molecular weight is 655 g/mol. The first-order valence-electron chi connectivity index (χ1n) is 18.4. The molecule has 0 saturated heterocycles. The van der Waals surface area contributed by atoms with Crippen molar-refractivity contribution < 1.29 is 19.2 Å². The smallest absolute Gasteiger partial charge is 0.143 e. The SMILES string of the molecule is CC(=O)CCCCCCCCCCC(C)=O.CNCC(C)=O.CNCC1CC(C)C(C)C(NC)C1C.CNCCCCCC(C)=O. The van der Waals surface area contributed by atoms with Gasteiger partial charge in [-0.05, 0) is 125 Å². The number of ketones is 4. The summed E-state index contributed by atoms with van der Waals surface area (Å²) in [7, 11) is 7.86. The van der Waals surface area contributed by atoms with E-state index < -0.39 is 0 Å². The molecule has 8 heteroatoms. The van der Waals surface area contributed by atoms with Crippen molar-refractivity contribution in [2.24, 2.45) is 23.7 Å². The molecule has 0 aromatic carbocycles. The summed E-state index contributed by atoms with van der Waals surface area (Å²) < 4.78 is 0. The van der Waals surface area contributed by atoms with Crippen LogP contribution in [0, 0.1) is 23.7 Å². The molecule has 0 aromatic heterocycles. The molecule has 1 aliphatic rings. The lowest BCUT2D eigenvalue weighted by Crippen LogP contribution is -2.49. The van der Waals surface area contributed by atoms with Crippen molar-refractivity contribution in [3.8, 4) is 0 Å². The monoisotopic (exact) mass is 655 g/mol. The molecule has 5 unspecified atom stereocenters. The zero-order chi connectivity index (χ0) is 35.8. The van der Waals surface area contributed by atoms with E-state index in [9.17, 15) is 19.2 Å². The third kappa shape index (κ3) is 33.9. The molecule has 1 fully saturated rings. The maximum absolute atomic E-state index is 10.7. The normalized spacial score (nSPS) is 20.2. The molecule has 1 rings (SSSR count). The van der Waals surface area contributed by atoms with Crippen molar-refractivity contribution in [3.05, 3.63) is 0 Å². The highest BCUT2D eigenvalue weighted by molar-refractivity contribution is 5.77. The molecular formula is C38H78N4O4. The quantitative estimate of drug-likeness (QED) is 0.0929. The molecular weight excluding hydrogens is 576 g/mol. The Morgan fingerprint density at radius 3 is 1.24 bits per heavy atom. The van der Waals surface area contributed by atoms with E-state index in [1.54, 1.807) is 34.7 Å². The van der Waals surface area contributed by atoms with Gasteiger partial charge in [-0.1, -0.05) is 65.7 Å². The lowest BCUT2D eigenvalue weighted by molar-refractivity contribution is -0.118. The molecule has 0 amide bonds. The van der Waals surface area contributed by atoms with E-state index in [0.29, 0.717) is 29.9 Å². The van der Waals surface area contributed by atoms with Crippen LogP contribution in [0.2, 0.25) is 0 Å². The van der Waals surface area contributed by atoms with Crippen molar-refractivity contribution >= 4 is 23.1 Å². The predicted molar refractivity (Wildman–Crippen MR) is 198 cm³/mol. The second-order valence-corrected chi connectivity index (χ2v) is 13.6. The Bertz CT molecular complexity index is 724. The summed E-state index contributed by atoms with van der Waals surface area (Å²) in [4.78, 5) is 41.8. The van der Waals surface area contributed by atoms with Gasteiger partial charge in [-0.2, -0.15) is 0 Å². The number of Topliss-reactive ketones (excluding diaryl/α,β-unsaturated/α-hetero) is 4. The number of nitrogens with one attached hydrogen (secondary N) is 4. The number of carbonyl (C=O) groups is 4. The standard InChI is InChI=1S/C14H26O2.C12H26N2.C8H17NO.C4H9NO/c1-13(15)11-9-7-5-3-4-6-8-10-12-14(2)16;1-8-6-11(7-13-4)10(3)12(14-5)9(8)2;1-8(10)6-4-3-5-7-9-2;1-4(6)3-5-2/h3-12H2,1-2H3;8-14H,6-7H2,1-5H3;9H,3-7H2,1-2H3;5H,3H2,1-2H3. The summed E-state index contributed by atoms with van der Waals surface area (Å²) in [5.41, 5.74) is 0. The van der Waals surface area contributed by atoms with Gasteiger partial charge in [-0.3, -0.25) is 4.79 Å². The van der Waals surface area contributed by atoms with Crippen molar-refractivity contribution in [1.82, 2.24) is 21.3 Å². The highest BCUT2D eigenvalue weighted by Gasteiger charge is 2.37. The Morgan fingerprint density at radius 1 is 0.522 bits per heavy atom. The summed E-state index contributed by atoms with van der Waals surface area (Å²) in [5.74, 6) is 4.39. The number of hydrogen-bond donors (Lipinski definition) is 4. The fourth-order valence-corrected chi connectivity index (χ4v) is 6.00. The van der Waals surface area contributed by atoms with E-state index in [0.717, 1.165) is 75.3 Å². The van der Waals surface area contributed by atoms with Gasteiger partial charge in [0, 0.05) is 25.3 Å². The van der Waals surface area contributed by atoms with E-state index in [2.05, 4.69) is 56.1 Å². The molecule has 0 aromatic rings. The van der Waals surface area contributed by atoms with Crippen molar-refractivity contribution in [2.45, 2.75) is 151 Å². The number of rotatable bonds is 22. The molecule has 8 nitrogen and oxygen atoms in total. The Morgan fingerprint density at radius 2 is 0.935 bits per heavy atom. The Kier molecular flexibility index (Phi) is 37.0. The van der Waals surface area contributed by atoms with Gasteiger partial charge < -0.3 is 35.7 Å². The van der Waals surface area contributed by atoms with E-state index in [1.165, 1.54) is 57.8 Å². The fourth-order valence-electron chi connectivity index (χ4n) is 6.00. The fraction of sp³-hybridized carbons (Fsp3) is 0.895. The van der Waals surface area contributed by atoms with Crippen LogP contribution in [0.4, 0.5) is 0 Å². The van der Waals surface area contributed by atoms with Crippen LogP contribution in [0.25, 0.3) is 0 Å². The zero-order valence-corrected chi connectivity index (χ0v) is 32.2. The minimum absolute atomic E-state index is 0.178. The maximum Gasteiger partial charge on any atom is 0.143 e. The van der Waals surface area contributed by atoms with Crippen LogP contribution >= 0.6 is 0 Å². The first kappa shape index (κ1) is 48.9. The van der Waals surface area contributed by atoms with Gasteiger partial charge in [0.05, 0.1) is 6.54 Å². The van der Waals surface area contributed by atoms with Crippen LogP contribution in [0.3, 0.4) is 0 Å². The topological polar surface area (TPSA) is 116 Å². The van der Waals surface area contributed by atoms with Gasteiger partial charge in [0.25, 0.3) is 0 Å². The zero-order valence-electron chi connectivity index (χ0n) is 32.2. The van der Waals surface area contributed by atoms with Crippen molar-refractivity contribution in [2.75, 3.05) is 47.8 Å². The van der Waals surface area contributed by atoms with Crippen LogP contribution in [-0.2, 0) is 19.2 Å². The molecule has 0 spiro atoms. The van der Waals surface area contributed by atoms with Crippen LogP contribution in [0.15, 0.2) is 0 Å². The van der Waals surface area contributed by atoms with Crippen molar-refractivity contribution in [1.29, 1.82) is 0 Å². The first-order chi connectivity index (χ1) is 21.8. The van der Waals surface area contributed by atoms with Crippen molar-refractivity contribution in [3.63, 3.8) is 0 Å². The highest BCUT2D eigenvalue weighted by atomic mass is 16.1. The summed E-state index contributed by atoms with van der Waals surface area (Å²) in [5, 5.41) is 12.6. The Hall–Kier alpha value is -1.48. The number of hydrogen-bond acceptors (Lipinski definition) is 8. The molecule has 1 aliphatic carbocycles. The first-order valence-corrected chi connectivity index (χ1v) is 18.4. The number of unbranched alkanes of at least 4 members (excludes halogenated alkanes) is 9. The Balaban J connectivity index is -0.000000564. The summed E-state index contributed by atoms with van der Waals surface area (Å²) in [6.45, 7) is 16.4. The van der Waals surface area contributed by atoms with Gasteiger partial charge in [0.15, 0.2) is 0 Å². The summed E-state index contributed by atoms with van der Waals surface area (Å²) >= 11 is 0. The van der Waals surface area contributed by atoms with Gasteiger partial charge in [-0.25, -0.2) is 0 Å². The van der Waals surface area contributed by atoms with E-state index in [4.69, 9.17) is 0 Å². The van der Waals surface area contributed by atoms with E-state index >= 15 is 0 Å². The van der Waals surface area contributed by atoms with Gasteiger partial charge in [-0.15, -0.1) is 0 Å². The minimum atomic E-state index is 0.178. The van der Waals surface area contributed by atoms with E-state index in [1.807, 2.05) is 7.05 Å². The number of carbonyl (C=O) groups excluding carboxylic acids is 4. The van der Waals surface area contributed by atoms with Crippen LogP contribution in [-0.4, -0.2) is 77.0 Å². The molecule has 0 radical (unpaired) electrons. The highest BCUT2D eigenvalue weighted by Crippen LogP contribution is 2.37. The molecule has 0 bridgehead atoms. The van der Waals surface area contributed by atoms with E-state index in [-0.39, 0.29) is 5.78 Å². The predicted octanol–water partition coefficient (Wildman–Crippen LogP) is 6.94. The third-order valence-electron chi connectivity index (χ3n) is 8.94. The molecule has 1 saturated carbocycles. The average Bonchev–Trinajstić information content (AvgIpc) is 2.98. The largest absolute Gasteiger partial charge is 0.320 e. The van der Waals surface area contributed by atoms with Gasteiger partial charge >= 0.3 is 0 Å². The van der Waals surface area contributed by atoms with Crippen LogP contribution in [0.5, 0.6) is 0 Å². The second-order valence-electron chi connectivity index (χ2n) is 13.6. The summed E-state index contributed by atoms with van der Waals surface area (Å²) in [6, 6.07) is 0.692. The molecule has 5 atom stereocenters. The lowest BCUT2D eigenvalue weighted by Gasteiger charge is -2.44. The number of likely N-dealkylation sites (N-methyl/N-ethyl adjacent to an activating group) is 1. The maximum atomic E-state index is 10.7.